The van der Waals surface area contributed by atoms with Crippen molar-refractivity contribution in [2.75, 3.05) is 0 Å². The van der Waals surface area contributed by atoms with Crippen LogP contribution in [0, 0.1) is 0 Å². The summed E-state index contributed by atoms with van der Waals surface area (Å²) < 4.78 is 0. The van der Waals surface area contributed by atoms with Gasteiger partial charge in [-0.1, -0.05) is 13.2 Å². The van der Waals surface area contributed by atoms with Crippen LogP contribution in [0.5, 0.6) is 0 Å². The molecule has 0 aromatic carbocycles. The van der Waals surface area contributed by atoms with E-state index in [2.05, 4.69) is 23.1 Å². The molecule has 5 heteroatoms. The molecule has 0 bridgehead atoms. The molecule has 0 aliphatic heterocycles. The maximum absolute atomic E-state index is 5.66. The summed E-state index contributed by atoms with van der Waals surface area (Å²) in [5, 5.41) is 0. The van der Waals surface area contributed by atoms with Gasteiger partial charge in [0.1, 0.15) is 0 Å². The number of nitrogens with zero attached hydrogens (tertiary/aromatic N) is 2. The number of nitrogens with two attached hydrogens (primary N) is 2. The second-order valence-electron chi connectivity index (χ2n) is 5.08. The third-order valence-electron chi connectivity index (χ3n) is 3.38. The largest absolute Gasteiger partial charge is 0.399 e. The van der Waals surface area contributed by atoms with Gasteiger partial charge in [-0.2, -0.15) is 0 Å². The van der Waals surface area contributed by atoms with E-state index in [9.17, 15) is 0 Å². The molecule has 0 amide bonds. The minimum atomic E-state index is 0.515. The summed E-state index contributed by atoms with van der Waals surface area (Å²) in [5.74, 6) is 0. The fourth-order valence-electron chi connectivity index (χ4n) is 2.07. The van der Waals surface area contributed by atoms with Crippen LogP contribution in [-0.2, 0) is 0 Å². The van der Waals surface area contributed by atoms with Crippen molar-refractivity contribution in [2.45, 2.75) is 0 Å². The summed E-state index contributed by atoms with van der Waals surface area (Å²) in [6.07, 6.45) is 3.47. The van der Waals surface area contributed by atoms with Gasteiger partial charge < -0.3 is 11.5 Å². The summed E-state index contributed by atoms with van der Waals surface area (Å²) >= 11 is 1.64. The summed E-state index contributed by atoms with van der Waals surface area (Å²) in [5.41, 5.74) is 15.8. The summed E-state index contributed by atoms with van der Waals surface area (Å²) in [6.45, 7) is 7.42. The Morgan fingerprint density at radius 2 is 1.17 bits per heavy atom. The maximum atomic E-state index is 5.66. The van der Waals surface area contributed by atoms with Gasteiger partial charge in [0.15, 0.2) is 0 Å². The smallest absolute Gasteiger partial charge is 0.0802 e. The molecule has 0 unspecified atom stereocenters. The molecule has 3 rings (SSSR count). The molecule has 0 saturated heterocycles. The van der Waals surface area contributed by atoms with E-state index < -0.39 is 0 Å². The van der Waals surface area contributed by atoms with Crippen molar-refractivity contribution in [3.8, 4) is 21.1 Å². The fraction of sp³-hybridized carbons (Fsp3) is 0. The molecule has 3 aromatic heterocycles. The van der Waals surface area contributed by atoms with Crippen LogP contribution < -0.4 is 11.5 Å². The highest BCUT2D eigenvalue weighted by Gasteiger charge is 2.08. The van der Waals surface area contributed by atoms with Crippen molar-refractivity contribution in [1.29, 1.82) is 0 Å². The van der Waals surface area contributed by atoms with Gasteiger partial charge in [-0.15, -0.1) is 11.3 Å². The van der Waals surface area contributed by atoms with Crippen molar-refractivity contribution in [1.82, 2.24) is 9.97 Å². The zero-order valence-electron chi connectivity index (χ0n) is 12.5. The highest BCUT2D eigenvalue weighted by atomic mass is 32.1. The average molecular weight is 320 g/mol. The fourth-order valence-corrected chi connectivity index (χ4v) is 3.03. The second kappa shape index (κ2) is 6.06. The molecule has 0 radical (unpaired) electrons. The van der Waals surface area contributed by atoms with Crippen LogP contribution in [0.2, 0.25) is 0 Å². The lowest BCUT2D eigenvalue weighted by Crippen LogP contribution is -1.94. The highest BCUT2D eigenvalue weighted by Crippen LogP contribution is 2.33. The predicted molar refractivity (Wildman–Crippen MR) is 97.2 cm³/mol. The highest BCUT2D eigenvalue weighted by molar-refractivity contribution is 7.18. The Morgan fingerprint density at radius 3 is 1.48 bits per heavy atom. The van der Waals surface area contributed by atoms with Crippen LogP contribution >= 0.6 is 11.3 Å². The van der Waals surface area contributed by atoms with E-state index in [1.807, 2.05) is 36.4 Å². The van der Waals surface area contributed by atoms with Gasteiger partial charge in [-0.05, 0) is 36.4 Å². The van der Waals surface area contributed by atoms with E-state index in [-0.39, 0.29) is 0 Å². The number of hydrogen-bond acceptors (Lipinski definition) is 5. The van der Waals surface area contributed by atoms with E-state index >= 15 is 0 Å². The monoisotopic (exact) mass is 320 g/mol. The van der Waals surface area contributed by atoms with Crippen LogP contribution in [0.15, 0.2) is 61.9 Å². The average Bonchev–Trinajstić information content (AvgIpc) is 3.05. The first kappa shape index (κ1) is 15.0. The van der Waals surface area contributed by atoms with Crippen LogP contribution in [0.25, 0.3) is 32.5 Å². The molecule has 0 fully saturated rings. The number of hydrogen-bond donors (Lipinski definition) is 2. The first-order valence-corrected chi connectivity index (χ1v) is 7.78. The van der Waals surface area contributed by atoms with Gasteiger partial charge in [0.2, 0.25) is 0 Å². The Kier molecular flexibility index (Phi) is 3.95. The third-order valence-corrected chi connectivity index (χ3v) is 4.51. The van der Waals surface area contributed by atoms with Crippen molar-refractivity contribution >= 4 is 22.7 Å². The van der Waals surface area contributed by atoms with E-state index in [0.717, 1.165) is 32.3 Å². The predicted octanol–water partition coefficient (Wildman–Crippen LogP) is 3.73. The van der Waals surface area contributed by atoms with Crippen molar-refractivity contribution in [3.05, 3.63) is 73.1 Å². The van der Waals surface area contributed by atoms with Gasteiger partial charge in [0, 0.05) is 34.9 Å². The Hall–Kier alpha value is -2.92. The maximum Gasteiger partial charge on any atom is 0.0802 e. The number of aromatic nitrogens is 2. The summed E-state index contributed by atoms with van der Waals surface area (Å²) in [6, 6.07) is 11.8. The normalized spacial score (nSPS) is 10.4. The van der Waals surface area contributed by atoms with Crippen LogP contribution in [0.3, 0.4) is 0 Å². The molecule has 0 aliphatic carbocycles. The molecular weight excluding hydrogens is 304 g/mol. The van der Waals surface area contributed by atoms with E-state index in [1.165, 1.54) is 0 Å². The SMILES string of the molecule is C=C(N)c1ccc(-c2ccc(-c3ccc(C(=C)N)cn3)s2)nc1. The van der Waals surface area contributed by atoms with Crippen molar-refractivity contribution in [3.63, 3.8) is 0 Å². The molecule has 0 saturated carbocycles. The first-order chi connectivity index (χ1) is 11.0. The molecule has 23 heavy (non-hydrogen) atoms. The van der Waals surface area contributed by atoms with E-state index in [0.29, 0.717) is 11.4 Å². The lowest BCUT2D eigenvalue weighted by molar-refractivity contribution is 1.31. The standard InChI is InChI=1S/C18H16N4S/c1-11(19)13-3-5-15(21-9-13)17-7-8-18(23-17)16-6-4-14(10-22-16)12(2)20/h3-10H,1-2,19-20H2. The second-order valence-corrected chi connectivity index (χ2v) is 6.16. The molecule has 4 nitrogen and oxygen atoms in total. The van der Waals surface area contributed by atoms with Gasteiger partial charge >= 0.3 is 0 Å². The molecule has 0 spiro atoms. The quantitative estimate of drug-likeness (QED) is 0.768. The molecule has 3 aromatic rings. The summed E-state index contributed by atoms with van der Waals surface area (Å²) in [7, 11) is 0. The zero-order chi connectivity index (χ0) is 16.4. The van der Waals surface area contributed by atoms with E-state index in [4.69, 9.17) is 11.5 Å². The van der Waals surface area contributed by atoms with Gasteiger partial charge in [0.05, 0.1) is 21.1 Å². The first-order valence-electron chi connectivity index (χ1n) is 6.97. The number of rotatable bonds is 4. The lowest BCUT2D eigenvalue weighted by atomic mass is 10.2. The summed E-state index contributed by atoms with van der Waals surface area (Å²) in [4.78, 5) is 11.0. The third kappa shape index (κ3) is 3.14. The topological polar surface area (TPSA) is 77.8 Å². The van der Waals surface area contributed by atoms with Crippen molar-refractivity contribution in [2.24, 2.45) is 11.5 Å². The Morgan fingerprint density at radius 1 is 0.739 bits per heavy atom. The molecule has 0 aliphatic rings. The molecule has 3 heterocycles. The molecule has 0 atom stereocenters. The zero-order valence-corrected chi connectivity index (χ0v) is 13.3. The Bertz CT molecular complexity index is 789. The lowest BCUT2D eigenvalue weighted by Gasteiger charge is -2.01. The minimum Gasteiger partial charge on any atom is -0.399 e. The minimum absolute atomic E-state index is 0.515. The van der Waals surface area contributed by atoms with Gasteiger partial charge in [-0.3, -0.25) is 9.97 Å². The molecule has 114 valence electrons. The molecular formula is C18H16N4S. The van der Waals surface area contributed by atoms with Gasteiger partial charge in [0.25, 0.3) is 0 Å². The van der Waals surface area contributed by atoms with E-state index in [1.54, 1.807) is 23.7 Å². The number of thiophene rings is 1. The molecule has 4 N–H and O–H groups in total. The van der Waals surface area contributed by atoms with Crippen molar-refractivity contribution < 1.29 is 0 Å². The van der Waals surface area contributed by atoms with Crippen LogP contribution in [0.1, 0.15) is 11.1 Å². The van der Waals surface area contributed by atoms with Crippen LogP contribution in [0.4, 0.5) is 0 Å². The Labute approximate surface area is 138 Å². The number of pyridine rings is 2. The van der Waals surface area contributed by atoms with Gasteiger partial charge in [-0.25, -0.2) is 0 Å². The Balaban J connectivity index is 1.87. The van der Waals surface area contributed by atoms with Crippen LogP contribution in [-0.4, -0.2) is 9.97 Å².